The maximum absolute atomic E-state index is 14.3. The number of benzene rings is 2. The normalized spacial score (nSPS) is 11.8. The van der Waals surface area contributed by atoms with Crippen molar-refractivity contribution in [3.8, 4) is 16.9 Å². The van der Waals surface area contributed by atoms with Gasteiger partial charge in [-0.15, -0.1) is 0 Å². The molecule has 0 aliphatic heterocycles. The van der Waals surface area contributed by atoms with Crippen LogP contribution in [0.1, 0.15) is 30.1 Å². The van der Waals surface area contributed by atoms with E-state index in [1.54, 1.807) is 25.3 Å². The number of halogens is 1. The number of ether oxygens (including phenoxy) is 1. The van der Waals surface area contributed by atoms with Crippen LogP contribution in [0.25, 0.3) is 11.1 Å². The molecule has 24 heavy (non-hydrogen) atoms. The number of hydrogen-bond donors (Lipinski definition) is 2. The number of carbonyl (C=O) groups is 1. The monoisotopic (exact) mass is 331 g/mol. The molecule has 128 valence electrons. The van der Waals surface area contributed by atoms with Gasteiger partial charge in [-0.25, -0.2) is 4.39 Å². The van der Waals surface area contributed by atoms with Gasteiger partial charge in [0.15, 0.2) is 0 Å². The fourth-order valence-electron chi connectivity index (χ4n) is 2.40. The average molecular weight is 331 g/mol. The molecule has 5 heteroatoms. The van der Waals surface area contributed by atoms with Crippen LogP contribution < -0.4 is 10.1 Å². The molecule has 0 saturated carbocycles. The van der Waals surface area contributed by atoms with Crippen LogP contribution in [0.3, 0.4) is 0 Å². The van der Waals surface area contributed by atoms with Crippen molar-refractivity contribution >= 4 is 5.91 Å². The van der Waals surface area contributed by atoms with Crippen molar-refractivity contribution in [3.05, 3.63) is 53.8 Å². The fourth-order valence-corrected chi connectivity index (χ4v) is 2.40. The summed E-state index contributed by atoms with van der Waals surface area (Å²) in [6.45, 7) is 2.06. The molecule has 2 aromatic rings. The van der Waals surface area contributed by atoms with Crippen LogP contribution in [0.15, 0.2) is 42.5 Å². The summed E-state index contributed by atoms with van der Waals surface area (Å²) in [5.74, 6) is -0.393. The average Bonchev–Trinajstić information content (AvgIpc) is 2.60. The Morgan fingerprint density at radius 1 is 1.21 bits per heavy atom. The van der Waals surface area contributed by atoms with Gasteiger partial charge >= 0.3 is 0 Å². The van der Waals surface area contributed by atoms with Crippen LogP contribution in [-0.4, -0.2) is 30.8 Å². The zero-order valence-corrected chi connectivity index (χ0v) is 13.9. The molecule has 0 fully saturated rings. The van der Waals surface area contributed by atoms with Crippen LogP contribution in [-0.2, 0) is 0 Å². The number of aliphatic hydroxyl groups is 1. The van der Waals surface area contributed by atoms with Crippen LogP contribution in [0.4, 0.5) is 4.39 Å². The van der Waals surface area contributed by atoms with E-state index in [1.807, 2.05) is 19.1 Å². The Morgan fingerprint density at radius 3 is 2.46 bits per heavy atom. The molecule has 0 saturated heterocycles. The van der Waals surface area contributed by atoms with E-state index in [4.69, 9.17) is 4.74 Å². The molecule has 1 unspecified atom stereocenters. The van der Waals surface area contributed by atoms with Gasteiger partial charge in [-0.2, -0.15) is 0 Å². The van der Waals surface area contributed by atoms with Crippen molar-refractivity contribution in [2.45, 2.75) is 25.9 Å². The summed E-state index contributed by atoms with van der Waals surface area (Å²) in [5.41, 5.74) is 1.48. The molecule has 0 aliphatic carbocycles. The van der Waals surface area contributed by atoms with E-state index in [1.165, 1.54) is 12.1 Å². The molecule has 1 atom stereocenters. The van der Waals surface area contributed by atoms with E-state index >= 15 is 0 Å². The summed E-state index contributed by atoms with van der Waals surface area (Å²) in [4.78, 5) is 12.0. The van der Waals surface area contributed by atoms with Gasteiger partial charge in [0.2, 0.25) is 0 Å². The molecule has 0 aliphatic rings. The van der Waals surface area contributed by atoms with E-state index in [2.05, 4.69) is 5.32 Å². The number of hydrogen-bond acceptors (Lipinski definition) is 3. The van der Waals surface area contributed by atoms with Gasteiger partial charge in [0, 0.05) is 6.54 Å². The van der Waals surface area contributed by atoms with E-state index < -0.39 is 17.8 Å². The first kappa shape index (κ1) is 17.9. The van der Waals surface area contributed by atoms with Crippen molar-refractivity contribution in [2.24, 2.45) is 0 Å². The summed E-state index contributed by atoms with van der Waals surface area (Å²) < 4.78 is 19.4. The third-order valence-corrected chi connectivity index (χ3v) is 3.76. The van der Waals surface area contributed by atoms with E-state index in [9.17, 15) is 14.3 Å². The van der Waals surface area contributed by atoms with E-state index in [0.29, 0.717) is 12.0 Å². The lowest BCUT2D eigenvalue weighted by molar-refractivity contribution is 0.0906. The Balaban J connectivity index is 2.09. The van der Waals surface area contributed by atoms with Gasteiger partial charge in [-0.05, 0) is 41.8 Å². The molecule has 2 aromatic carbocycles. The number of nitrogens with one attached hydrogen (secondary N) is 1. The molecule has 4 nitrogen and oxygen atoms in total. The summed E-state index contributed by atoms with van der Waals surface area (Å²) in [5, 5.41) is 12.2. The lowest BCUT2D eigenvalue weighted by atomic mass is 10.0. The van der Waals surface area contributed by atoms with Crippen molar-refractivity contribution < 1.29 is 19.0 Å². The Labute approximate surface area is 141 Å². The highest BCUT2D eigenvalue weighted by molar-refractivity contribution is 5.95. The SMILES string of the molecule is CCCC(O)CNC(=O)c1ccc(-c2ccc(OC)cc2)cc1F. The second-order valence-electron chi connectivity index (χ2n) is 5.58. The van der Waals surface area contributed by atoms with Crippen LogP contribution in [0.5, 0.6) is 5.75 Å². The molecule has 2 N–H and O–H groups in total. The van der Waals surface area contributed by atoms with Gasteiger partial charge in [0.05, 0.1) is 18.8 Å². The number of carbonyl (C=O) groups excluding carboxylic acids is 1. The molecular weight excluding hydrogens is 309 g/mol. The molecule has 0 spiro atoms. The molecular formula is C19H22FNO3. The Morgan fingerprint density at radius 2 is 1.88 bits per heavy atom. The quantitative estimate of drug-likeness (QED) is 0.817. The molecule has 0 radical (unpaired) electrons. The molecule has 0 bridgehead atoms. The lowest BCUT2D eigenvalue weighted by Gasteiger charge is -2.11. The maximum atomic E-state index is 14.3. The third kappa shape index (κ3) is 4.55. The minimum atomic E-state index is -0.611. The summed E-state index contributed by atoms with van der Waals surface area (Å²) in [7, 11) is 1.58. The first-order chi connectivity index (χ1) is 11.5. The number of methoxy groups -OCH3 is 1. The lowest BCUT2D eigenvalue weighted by Crippen LogP contribution is -2.32. The first-order valence-corrected chi connectivity index (χ1v) is 7.95. The topological polar surface area (TPSA) is 58.6 Å². The fraction of sp³-hybridized carbons (Fsp3) is 0.316. The predicted octanol–water partition coefficient (Wildman–Crippen LogP) is 3.39. The largest absolute Gasteiger partial charge is 0.497 e. The Hall–Kier alpha value is -2.40. The first-order valence-electron chi connectivity index (χ1n) is 7.95. The number of amides is 1. The maximum Gasteiger partial charge on any atom is 0.254 e. The van der Waals surface area contributed by atoms with Gasteiger partial charge in [-0.1, -0.05) is 31.5 Å². The highest BCUT2D eigenvalue weighted by Gasteiger charge is 2.14. The summed E-state index contributed by atoms with van der Waals surface area (Å²) in [6.07, 6.45) is 0.807. The van der Waals surface area contributed by atoms with Crippen LogP contribution >= 0.6 is 0 Å². The predicted molar refractivity (Wildman–Crippen MR) is 91.6 cm³/mol. The third-order valence-electron chi connectivity index (χ3n) is 3.76. The van der Waals surface area contributed by atoms with Gasteiger partial charge in [0.1, 0.15) is 11.6 Å². The highest BCUT2D eigenvalue weighted by atomic mass is 19.1. The van der Waals surface area contributed by atoms with Crippen molar-refractivity contribution in [1.29, 1.82) is 0 Å². The molecule has 0 aromatic heterocycles. The summed E-state index contributed by atoms with van der Waals surface area (Å²) in [6, 6.07) is 11.7. The van der Waals surface area contributed by atoms with E-state index in [0.717, 1.165) is 17.7 Å². The van der Waals surface area contributed by atoms with Crippen molar-refractivity contribution in [2.75, 3.05) is 13.7 Å². The second kappa shape index (κ2) is 8.45. The smallest absolute Gasteiger partial charge is 0.254 e. The van der Waals surface area contributed by atoms with Crippen molar-refractivity contribution in [1.82, 2.24) is 5.32 Å². The van der Waals surface area contributed by atoms with Gasteiger partial charge in [-0.3, -0.25) is 4.79 Å². The zero-order valence-electron chi connectivity index (χ0n) is 13.9. The van der Waals surface area contributed by atoms with E-state index in [-0.39, 0.29) is 12.1 Å². The Kier molecular flexibility index (Phi) is 6.32. The molecule has 0 heterocycles. The number of rotatable bonds is 7. The minimum absolute atomic E-state index is 0.0315. The van der Waals surface area contributed by atoms with Gasteiger partial charge < -0.3 is 15.2 Å². The summed E-state index contributed by atoms with van der Waals surface area (Å²) >= 11 is 0. The highest BCUT2D eigenvalue weighted by Crippen LogP contribution is 2.24. The Bertz CT molecular complexity index is 686. The molecule has 2 rings (SSSR count). The van der Waals surface area contributed by atoms with Gasteiger partial charge in [0.25, 0.3) is 5.91 Å². The zero-order chi connectivity index (χ0) is 17.5. The minimum Gasteiger partial charge on any atom is -0.497 e. The number of aliphatic hydroxyl groups excluding tert-OH is 1. The standard InChI is InChI=1S/C19H22FNO3/c1-3-4-15(22)12-21-19(23)17-10-7-14(11-18(17)20)13-5-8-16(24-2)9-6-13/h5-11,15,22H,3-4,12H2,1-2H3,(H,21,23). The van der Waals surface area contributed by atoms with Crippen LogP contribution in [0, 0.1) is 5.82 Å². The van der Waals surface area contributed by atoms with Crippen molar-refractivity contribution in [3.63, 3.8) is 0 Å². The second-order valence-corrected chi connectivity index (χ2v) is 5.58. The van der Waals surface area contributed by atoms with Crippen LogP contribution in [0.2, 0.25) is 0 Å². The molecule has 1 amide bonds.